The van der Waals surface area contributed by atoms with Crippen LogP contribution in [0.3, 0.4) is 0 Å². The van der Waals surface area contributed by atoms with Crippen molar-refractivity contribution in [2.75, 3.05) is 0 Å². The molecule has 0 fully saturated rings. The zero-order chi connectivity index (χ0) is 5.28. The third-order valence-corrected chi connectivity index (χ3v) is 0.799. The molecule has 1 aromatic rings. The monoisotopic (exact) mass is 141 g/mol. The molecular formula is C2H4N3NaOS. The molecule has 0 saturated carbocycles. The van der Waals surface area contributed by atoms with Gasteiger partial charge in [0.05, 0.1) is 0 Å². The number of aromatic hydroxyl groups is 1. The summed E-state index contributed by atoms with van der Waals surface area (Å²) in [4.78, 5) is 0. The van der Waals surface area contributed by atoms with Gasteiger partial charge >= 0.3 is 29.6 Å². The second kappa shape index (κ2) is 3.34. The molecule has 0 atom stereocenters. The summed E-state index contributed by atoms with van der Waals surface area (Å²) in [5.74, 6) is -0.0525. The first-order chi connectivity index (χ1) is 3.30. The van der Waals surface area contributed by atoms with Gasteiger partial charge in [0, 0.05) is 0 Å². The molecule has 0 radical (unpaired) electrons. The fourth-order valence-electron chi connectivity index (χ4n) is 0.224. The Kier molecular flexibility index (Phi) is 3.46. The van der Waals surface area contributed by atoms with Gasteiger partial charge in [-0.1, -0.05) is 5.21 Å². The summed E-state index contributed by atoms with van der Waals surface area (Å²) in [6.45, 7) is 0. The van der Waals surface area contributed by atoms with Gasteiger partial charge in [-0.3, -0.25) is 0 Å². The van der Waals surface area contributed by atoms with Crippen LogP contribution in [0.25, 0.3) is 0 Å². The first-order valence-electron chi connectivity index (χ1n) is 1.59. The molecule has 6 heteroatoms. The molecule has 1 heterocycles. The van der Waals surface area contributed by atoms with Crippen molar-refractivity contribution in [1.82, 2.24) is 14.4 Å². The second-order valence-corrected chi connectivity index (χ2v) is 1.36. The SMILES string of the molecule is Oc1cnnn1S.[NaH]. The van der Waals surface area contributed by atoms with Crippen molar-refractivity contribution in [2.24, 2.45) is 0 Å². The van der Waals surface area contributed by atoms with E-state index in [0.717, 1.165) is 4.09 Å². The summed E-state index contributed by atoms with van der Waals surface area (Å²) in [7, 11) is 0. The molecule has 0 aliphatic rings. The molecule has 4 nitrogen and oxygen atoms in total. The Morgan fingerprint density at radius 3 is 2.50 bits per heavy atom. The Morgan fingerprint density at radius 1 is 1.75 bits per heavy atom. The van der Waals surface area contributed by atoms with Gasteiger partial charge in [-0.05, 0) is 12.8 Å². The summed E-state index contributed by atoms with van der Waals surface area (Å²) < 4.78 is 0.972. The van der Waals surface area contributed by atoms with Crippen molar-refractivity contribution < 1.29 is 5.11 Å². The Morgan fingerprint density at radius 2 is 2.38 bits per heavy atom. The zero-order valence-corrected chi connectivity index (χ0v) is 4.21. The quantitative estimate of drug-likeness (QED) is 0.361. The normalized spacial score (nSPS) is 8.12. The first-order valence-corrected chi connectivity index (χ1v) is 1.99. The third-order valence-electron chi connectivity index (χ3n) is 0.514. The van der Waals surface area contributed by atoms with Crippen LogP contribution in [-0.2, 0) is 0 Å². The van der Waals surface area contributed by atoms with Gasteiger partial charge in [0.25, 0.3) is 0 Å². The minimum absolute atomic E-state index is 0. The van der Waals surface area contributed by atoms with Gasteiger partial charge < -0.3 is 5.11 Å². The van der Waals surface area contributed by atoms with Crippen molar-refractivity contribution >= 4 is 42.4 Å². The summed E-state index contributed by atoms with van der Waals surface area (Å²) in [5.41, 5.74) is 0. The van der Waals surface area contributed by atoms with E-state index in [4.69, 9.17) is 5.11 Å². The van der Waals surface area contributed by atoms with Crippen LogP contribution in [0, 0.1) is 0 Å². The van der Waals surface area contributed by atoms with E-state index in [9.17, 15) is 0 Å². The van der Waals surface area contributed by atoms with Crippen LogP contribution in [-0.4, -0.2) is 49.1 Å². The van der Waals surface area contributed by atoms with E-state index in [-0.39, 0.29) is 35.4 Å². The predicted molar refractivity (Wildman–Crippen MR) is 33.2 cm³/mol. The van der Waals surface area contributed by atoms with E-state index < -0.39 is 0 Å². The summed E-state index contributed by atoms with van der Waals surface area (Å²) in [6, 6.07) is 0. The van der Waals surface area contributed by atoms with E-state index >= 15 is 0 Å². The number of hydrogen-bond acceptors (Lipinski definition) is 4. The van der Waals surface area contributed by atoms with Crippen molar-refractivity contribution in [3.8, 4) is 5.88 Å². The zero-order valence-electron chi connectivity index (χ0n) is 3.31. The molecule has 1 rings (SSSR count). The molecule has 0 saturated heterocycles. The van der Waals surface area contributed by atoms with Crippen LogP contribution in [0.2, 0.25) is 0 Å². The van der Waals surface area contributed by atoms with Crippen LogP contribution in [0.4, 0.5) is 0 Å². The van der Waals surface area contributed by atoms with Crippen molar-refractivity contribution in [2.45, 2.75) is 0 Å². The number of hydrogen-bond donors (Lipinski definition) is 2. The van der Waals surface area contributed by atoms with Gasteiger partial charge in [-0.15, -0.1) is 5.10 Å². The first kappa shape index (κ1) is 8.29. The Bertz CT molecular complexity index is 150. The van der Waals surface area contributed by atoms with Crippen molar-refractivity contribution in [1.29, 1.82) is 0 Å². The van der Waals surface area contributed by atoms with E-state index in [1.807, 2.05) is 0 Å². The number of aromatic nitrogens is 3. The fraction of sp³-hybridized carbons (Fsp3) is 0. The van der Waals surface area contributed by atoms with Gasteiger partial charge in [-0.25, -0.2) is 0 Å². The predicted octanol–water partition coefficient (Wildman–Crippen LogP) is -0.972. The average molecular weight is 141 g/mol. The average Bonchev–Trinajstić information content (AvgIpc) is 1.91. The number of rotatable bonds is 0. The summed E-state index contributed by atoms with van der Waals surface area (Å²) in [5, 5.41) is 15.1. The second-order valence-electron chi connectivity index (χ2n) is 0.982. The van der Waals surface area contributed by atoms with Crippen LogP contribution >= 0.6 is 12.8 Å². The summed E-state index contributed by atoms with van der Waals surface area (Å²) in [6.07, 6.45) is 1.20. The Labute approximate surface area is 73.7 Å². The Balaban J connectivity index is 0.000000490. The van der Waals surface area contributed by atoms with Crippen LogP contribution < -0.4 is 0 Å². The molecule has 0 aromatic carbocycles. The number of nitrogens with zero attached hydrogens (tertiary/aromatic N) is 3. The topological polar surface area (TPSA) is 50.9 Å². The molecule has 0 amide bonds. The molecule has 1 N–H and O–H groups in total. The van der Waals surface area contributed by atoms with Gasteiger partial charge in [0.1, 0.15) is 6.20 Å². The van der Waals surface area contributed by atoms with Gasteiger partial charge in [-0.2, -0.15) is 4.09 Å². The maximum atomic E-state index is 8.52. The van der Waals surface area contributed by atoms with Crippen molar-refractivity contribution in [3.63, 3.8) is 0 Å². The molecule has 8 heavy (non-hydrogen) atoms. The van der Waals surface area contributed by atoms with Crippen LogP contribution in [0.1, 0.15) is 0 Å². The van der Waals surface area contributed by atoms with Crippen LogP contribution in [0.5, 0.6) is 5.88 Å². The number of thiol groups is 1. The minimum atomic E-state index is -0.0525. The molecular weight excluding hydrogens is 137 g/mol. The van der Waals surface area contributed by atoms with Gasteiger partial charge in [0.2, 0.25) is 5.88 Å². The maximum absolute atomic E-state index is 8.52. The van der Waals surface area contributed by atoms with E-state index in [1.54, 1.807) is 0 Å². The fourth-order valence-corrected chi connectivity index (χ4v) is 0.322. The molecule has 1 aromatic heterocycles. The van der Waals surface area contributed by atoms with E-state index in [1.165, 1.54) is 6.20 Å². The van der Waals surface area contributed by atoms with Gasteiger partial charge in [0.15, 0.2) is 0 Å². The Hall–Kier alpha value is 0.290. The third kappa shape index (κ3) is 1.66. The molecule has 0 bridgehead atoms. The van der Waals surface area contributed by atoms with E-state index in [2.05, 4.69) is 23.1 Å². The van der Waals surface area contributed by atoms with Crippen LogP contribution in [0.15, 0.2) is 6.20 Å². The molecule has 0 aliphatic heterocycles. The molecule has 0 spiro atoms. The van der Waals surface area contributed by atoms with E-state index in [0.29, 0.717) is 0 Å². The molecule has 40 valence electrons. The summed E-state index contributed by atoms with van der Waals surface area (Å²) >= 11 is 3.64. The molecule has 0 aliphatic carbocycles. The standard InChI is InChI=1S/C2H3N3OS.Na.H/c6-2-1-3-4-5(2)7;;/h1,6-7H;;. The van der Waals surface area contributed by atoms with Crippen molar-refractivity contribution in [3.05, 3.63) is 6.20 Å². The molecule has 0 unspecified atom stereocenters.